The summed E-state index contributed by atoms with van der Waals surface area (Å²) in [7, 11) is 0. The summed E-state index contributed by atoms with van der Waals surface area (Å²) in [5.41, 5.74) is 2.05. The van der Waals surface area contributed by atoms with E-state index < -0.39 is 23.3 Å². The molecule has 0 unspecified atom stereocenters. The smallest absolute Gasteiger partial charge is 0.338 e. The third kappa shape index (κ3) is 24.3. The van der Waals surface area contributed by atoms with Crippen LogP contribution in [0.3, 0.4) is 0 Å². The van der Waals surface area contributed by atoms with E-state index in [-0.39, 0.29) is 28.4 Å². The maximum atomic E-state index is 12.2. The second kappa shape index (κ2) is 37.8. The number of hydrogen-bond donors (Lipinski definition) is 2. The van der Waals surface area contributed by atoms with Crippen molar-refractivity contribution in [3.8, 4) is 0 Å². The molecule has 12 rings (SSSR count). The van der Waals surface area contributed by atoms with Gasteiger partial charge in [-0.3, -0.25) is 58.6 Å². The Morgan fingerprint density at radius 3 is 1.34 bits per heavy atom. The van der Waals surface area contributed by atoms with E-state index in [9.17, 15) is 38.4 Å². The summed E-state index contributed by atoms with van der Waals surface area (Å²) >= 11 is 8.55. The number of nitrogens with one attached hydrogen (secondary N) is 1. The molecule has 0 aliphatic carbocycles. The number of carbonyl (C=O) groups excluding carboxylic acids is 7. The first-order valence-electron chi connectivity index (χ1n) is 30.5. The summed E-state index contributed by atoms with van der Waals surface area (Å²) in [5, 5.41) is 21.3. The van der Waals surface area contributed by atoms with Gasteiger partial charge in [0, 0.05) is 152 Å². The van der Waals surface area contributed by atoms with Gasteiger partial charge < -0.3 is 15.2 Å². The van der Waals surface area contributed by atoms with Crippen molar-refractivity contribution in [1.82, 2.24) is 35.1 Å². The maximum absolute atomic E-state index is 12.2. The number of amides is 3. The SMILES string of the molecule is Brc1cncc2ccccc12.CC(C)(C)C(=O)Cl.CC(C)(C)C(=O)OC(=O)/C=C/c1cncc2ccccc12.O=C(O)/C=C/c1cncc2ccccc12.O=C1C=CCCCN1.O=C1C=CCCCN1C(=O)/C=C/c1cncc2ccccc12.O=Cc1cncc2ccccc12. The standard InChI is InChI=1S/C18H16N2O2.C17H17NO3.C12H9NO2.C10H7NO.C9H6BrN.C6H9NO.C5H9ClO/c21-17-8-2-1-5-11-20(17)18(22)10-9-15-13-19-12-14-6-3-4-7-16(14)15;1-17(2,3)16(20)21-15(19)9-8-13-11-18-10-12-6-4-5-7-14(12)13;14-12(15)6-5-10-8-13-7-9-3-1-2-4-11(9)10;12-7-9-6-11-5-8-3-1-2-4-10(8)9;10-9-6-11-5-7-3-1-2-4-8(7)9;8-6-4-2-1-3-5-7-6;1-5(2,3)4(6)7/h2-4,6-10,12-13H,1,5,11H2;4-11H,1-3H3;1-8H,(H,14,15);1-7H;1-6H;2,4H,1,3,5H2,(H,7,8);1-3H3/b10-9+;9-8+;6-5+;;;;. The quantitative estimate of drug-likeness (QED) is 0.0495. The van der Waals surface area contributed by atoms with Crippen molar-refractivity contribution in [3.63, 3.8) is 0 Å². The second-order valence-electron chi connectivity index (χ2n) is 23.3. The van der Waals surface area contributed by atoms with Crippen LogP contribution in [-0.2, 0) is 38.3 Å². The molecule has 0 spiro atoms. The average molecular weight is 1370 g/mol. The average Bonchev–Trinajstić information content (AvgIpc) is 1.29. The molecular formula is C77H73BrClN7O10. The topological polar surface area (TPSA) is 246 Å². The van der Waals surface area contributed by atoms with E-state index in [1.807, 2.05) is 140 Å². The molecule has 2 aliphatic rings. The van der Waals surface area contributed by atoms with Gasteiger partial charge in [-0.05, 0) is 131 Å². The zero-order valence-corrected chi connectivity index (χ0v) is 56.3. The van der Waals surface area contributed by atoms with Crippen molar-refractivity contribution < 1.29 is 48.2 Å². The molecule has 3 amide bonds. The number of ether oxygens (including phenoxy) is 1. The normalized spacial score (nSPS) is 12.7. The summed E-state index contributed by atoms with van der Waals surface area (Å²) in [6.45, 7) is 11.7. The fraction of sp³-hybridized carbons (Fsp3) is 0.182. The van der Waals surface area contributed by atoms with Gasteiger partial charge in [-0.25, -0.2) is 9.59 Å². The predicted octanol–water partition coefficient (Wildman–Crippen LogP) is 15.9. The molecule has 0 atom stereocenters. The summed E-state index contributed by atoms with van der Waals surface area (Å²) in [6, 6.07) is 39.2. The number of aromatic nitrogens is 5. The number of hydrogen-bond acceptors (Lipinski definition) is 14. The molecule has 5 aromatic heterocycles. The van der Waals surface area contributed by atoms with Gasteiger partial charge in [0.25, 0.3) is 11.8 Å². The Balaban J connectivity index is 0.000000183. The number of aliphatic carboxylic acids is 1. The van der Waals surface area contributed by atoms with Crippen LogP contribution in [0.1, 0.15) is 94.3 Å². The number of carboxylic acids is 1. The lowest BCUT2D eigenvalue weighted by Gasteiger charge is -2.15. The third-order valence-corrected chi connectivity index (χ3v) is 15.0. The Morgan fingerprint density at radius 1 is 0.521 bits per heavy atom. The van der Waals surface area contributed by atoms with E-state index in [4.69, 9.17) is 21.4 Å². The van der Waals surface area contributed by atoms with Crippen LogP contribution in [0, 0.1) is 10.8 Å². The first kappa shape index (κ1) is 74.2. The van der Waals surface area contributed by atoms with E-state index in [0.717, 1.165) is 109 Å². The molecule has 490 valence electrons. The van der Waals surface area contributed by atoms with Crippen LogP contribution >= 0.6 is 27.5 Å². The van der Waals surface area contributed by atoms with Crippen LogP contribution in [0.5, 0.6) is 0 Å². The van der Waals surface area contributed by atoms with Gasteiger partial charge in [-0.1, -0.05) is 154 Å². The number of esters is 2. The number of fused-ring (bicyclic) bond motifs is 5. The van der Waals surface area contributed by atoms with Crippen LogP contribution in [0.2, 0.25) is 0 Å². The molecule has 0 saturated heterocycles. The first-order valence-corrected chi connectivity index (χ1v) is 31.6. The van der Waals surface area contributed by atoms with E-state index >= 15 is 0 Å². The number of aldehydes is 1. The Hall–Kier alpha value is -10.8. The summed E-state index contributed by atoms with van der Waals surface area (Å²) in [4.78, 5) is 111. The molecule has 0 radical (unpaired) electrons. The molecule has 0 bridgehead atoms. The Morgan fingerprint density at radius 2 is 0.906 bits per heavy atom. The molecule has 19 heteroatoms. The van der Waals surface area contributed by atoms with Crippen molar-refractivity contribution >= 4 is 147 Å². The van der Waals surface area contributed by atoms with Crippen LogP contribution in [-0.4, -0.2) is 95.2 Å². The number of pyridine rings is 5. The van der Waals surface area contributed by atoms with E-state index in [2.05, 4.69) is 52.2 Å². The van der Waals surface area contributed by atoms with Crippen molar-refractivity contribution in [2.45, 2.75) is 67.2 Å². The fourth-order valence-corrected chi connectivity index (χ4v) is 9.11. The van der Waals surface area contributed by atoms with Gasteiger partial charge in [0.15, 0.2) is 6.29 Å². The van der Waals surface area contributed by atoms with E-state index in [0.29, 0.717) is 12.1 Å². The van der Waals surface area contributed by atoms with Gasteiger partial charge in [0.2, 0.25) is 11.1 Å². The summed E-state index contributed by atoms with van der Waals surface area (Å²) < 4.78 is 5.82. The number of halogens is 2. The first-order chi connectivity index (χ1) is 46.0. The van der Waals surface area contributed by atoms with Crippen LogP contribution in [0.4, 0.5) is 0 Å². The van der Waals surface area contributed by atoms with Crippen molar-refractivity contribution in [2.75, 3.05) is 13.1 Å². The van der Waals surface area contributed by atoms with Crippen molar-refractivity contribution in [1.29, 1.82) is 0 Å². The molecule has 96 heavy (non-hydrogen) atoms. The number of carbonyl (C=O) groups is 8. The lowest BCUT2D eigenvalue weighted by Crippen LogP contribution is -2.34. The lowest BCUT2D eigenvalue weighted by molar-refractivity contribution is -0.162. The molecule has 7 heterocycles. The molecule has 10 aromatic rings. The molecular weight excluding hydrogens is 1300 g/mol. The monoisotopic (exact) mass is 1370 g/mol. The molecule has 0 saturated carbocycles. The Labute approximate surface area is 570 Å². The molecule has 5 aromatic carbocycles. The van der Waals surface area contributed by atoms with Gasteiger partial charge in [0.1, 0.15) is 0 Å². The lowest BCUT2D eigenvalue weighted by atomic mass is 9.97. The molecule has 2 N–H and O–H groups in total. The van der Waals surface area contributed by atoms with Gasteiger partial charge >= 0.3 is 17.9 Å². The number of rotatable bonds is 7. The fourth-order valence-electron chi connectivity index (χ4n) is 8.63. The molecule has 17 nitrogen and oxygen atoms in total. The van der Waals surface area contributed by atoms with Gasteiger partial charge in [-0.2, -0.15) is 0 Å². The third-order valence-electron chi connectivity index (χ3n) is 13.8. The van der Waals surface area contributed by atoms with Crippen molar-refractivity contribution in [2.24, 2.45) is 10.8 Å². The second-order valence-corrected chi connectivity index (χ2v) is 24.5. The molecule has 0 fully saturated rings. The molecule has 2 aliphatic heterocycles. The number of imide groups is 1. The highest BCUT2D eigenvalue weighted by Gasteiger charge is 2.25. The Kier molecular flexibility index (Phi) is 29.2. The van der Waals surface area contributed by atoms with Crippen molar-refractivity contribution in [3.05, 3.63) is 253 Å². The maximum Gasteiger partial charge on any atom is 0.338 e. The van der Waals surface area contributed by atoms with Crippen LogP contribution < -0.4 is 5.32 Å². The zero-order chi connectivity index (χ0) is 69.5. The number of benzene rings is 5. The minimum atomic E-state index is -0.956. The van der Waals surface area contributed by atoms with Crippen LogP contribution in [0.25, 0.3) is 72.1 Å². The predicted molar refractivity (Wildman–Crippen MR) is 384 cm³/mol. The Bertz CT molecular complexity index is 4510. The summed E-state index contributed by atoms with van der Waals surface area (Å²) in [6.07, 6.45) is 37.4. The highest BCUT2D eigenvalue weighted by Crippen LogP contribution is 2.24. The van der Waals surface area contributed by atoms with Gasteiger partial charge in [-0.15, -0.1) is 0 Å². The van der Waals surface area contributed by atoms with E-state index in [1.54, 1.807) is 115 Å². The zero-order valence-electron chi connectivity index (χ0n) is 54.0. The van der Waals surface area contributed by atoms with Gasteiger partial charge in [0.05, 0.1) is 5.41 Å². The highest BCUT2D eigenvalue weighted by atomic mass is 79.9. The minimum absolute atomic E-state index is 0.0440. The minimum Gasteiger partial charge on any atom is -0.478 e. The van der Waals surface area contributed by atoms with E-state index in [1.165, 1.54) is 33.9 Å². The number of allylic oxidation sites excluding steroid dienone is 2. The highest BCUT2D eigenvalue weighted by molar-refractivity contribution is 9.10. The summed E-state index contributed by atoms with van der Waals surface area (Å²) in [5.74, 6) is -2.67. The number of nitrogens with zero attached hydrogens (tertiary/aromatic N) is 6. The largest absolute Gasteiger partial charge is 0.478 e. The number of carboxylic acid groups (broad SMARTS) is 1. The van der Waals surface area contributed by atoms with Crippen LogP contribution in [0.15, 0.2) is 230 Å².